The van der Waals surface area contributed by atoms with Crippen LogP contribution in [-0.4, -0.2) is 42.6 Å². The van der Waals surface area contributed by atoms with Gasteiger partial charge in [0.25, 0.3) is 0 Å². The van der Waals surface area contributed by atoms with E-state index in [9.17, 15) is 4.79 Å². The first-order chi connectivity index (χ1) is 12.6. The maximum absolute atomic E-state index is 12.6. The number of hydrogen-bond acceptors (Lipinski definition) is 4. The van der Waals surface area contributed by atoms with E-state index in [-0.39, 0.29) is 36.3 Å². The highest BCUT2D eigenvalue weighted by Crippen LogP contribution is 2.28. The number of anilines is 1. The van der Waals surface area contributed by atoms with Gasteiger partial charge in [-0.2, -0.15) is 0 Å². The first-order valence-electron chi connectivity index (χ1n) is 9.16. The Morgan fingerprint density at radius 1 is 1.19 bits per heavy atom. The van der Waals surface area contributed by atoms with Gasteiger partial charge in [-0.05, 0) is 43.7 Å². The van der Waals surface area contributed by atoms with E-state index in [4.69, 9.17) is 10.5 Å². The summed E-state index contributed by atoms with van der Waals surface area (Å²) in [6, 6.07) is 17.5. The molecule has 1 heterocycles. The second kappa shape index (κ2) is 9.74. The molecule has 3 atom stereocenters. The maximum Gasteiger partial charge on any atom is 0.241 e. The van der Waals surface area contributed by atoms with Crippen LogP contribution in [0, 0.1) is 0 Å². The molecule has 1 aliphatic heterocycles. The van der Waals surface area contributed by atoms with Crippen molar-refractivity contribution >= 4 is 24.0 Å². The lowest BCUT2D eigenvalue weighted by molar-refractivity contribution is -0.120. The highest BCUT2D eigenvalue weighted by atomic mass is 35.5. The third kappa shape index (κ3) is 5.22. The number of nitrogens with zero attached hydrogens (tertiary/aromatic N) is 1. The summed E-state index contributed by atoms with van der Waals surface area (Å²) in [4.78, 5) is 14.8. The molecule has 6 heteroatoms. The van der Waals surface area contributed by atoms with Crippen molar-refractivity contribution in [3.05, 3.63) is 60.2 Å². The summed E-state index contributed by atoms with van der Waals surface area (Å²) in [5, 5.41) is 2.98. The zero-order chi connectivity index (χ0) is 18.5. The van der Waals surface area contributed by atoms with Crippen molar-refractivity contribution in [2.24, 2.45) is 5.73 Å². The molecule has 3 N–H and O–H groups in total. The van der Waals surface area contributed by atoms with Gasteiger partial charge in [0.1, 0.15) is 5.75 Å². The van der Waals surface area contributed by atoms with Gasteiger partial charge in [0, 0.05) is 30.7 Å². The van der Waals surface area contributed by atoms with Crippen LogP contribution in [0.3, 0.4) is 0 Å². The zero-order valence-corrected chi connectivity index (χ0v) is 16.6. The predicted octanol–water partition coefficient (Wildman–Crippen LogP) is 3.26. The molecule has 1 fully saturated rings. The Kier molecular flexibility index (Phi) is 7.66. The molecule has 1 saturated heterocycles. The molecule has 0 bridgehead atoms. The van der Waals surface area contributed by atoms with Gasteiger partial charge in [0.05, 0.1) is 12.6 Å². The van der Waals surface area contributed by atoms with Crippen molar-refractivity contribution in [2.75, 3.05) is 25.0 Å². The largest absolute Gasteiger partial charge is 0.494 e. The van der Waals surface area contributed by atoms with E-state index in [1.54, 1.807) is 0 Å². The molecule has 2 aromatic rings. The average Bonchev–Trinajstić information content (AvgIpc) is 3.05. The van der Waals surface area contributed by atoms with Crippen LogP contribution in [0.1, 0.15) is 25.3 Å². The molecule has 5 nitrogen and oxygen atoms in total. The lowest BCUT2D eigenvalue weighted by Gasteiger charge is -2.23. The monoisotopic (exact) mass is 389 g/mol. The van der Waals surface area contributed by atoms with Crippen molar-refractivity contribution in [3.8, 4) is 5.75 Å². The molecule has 0 aromatic heterocycles. The fraction of sp³-hybridized carbons (Fsp3) is 0.381. The lowest BCUT2D eigenvalue weighted by Crippen LogP contribution is -2.41. The van der Waals surface area contributed by atoms with Crippen LogP contribution < -0.4 is 15.8 Å². The fourth-order valence-electron chi connectivity index (χ4n) is 3.44. The van der Waals surface area contributed by atoms with Crippen molar-refractivity contribution in [2.45, 2.75) is 31.8 Å². The first kappa shape index (κ1) is 21.2. The summed E-state index contributed by atoms with van der Waals surface area (Å²) in [6.45, 7) is 6.02. The molecule has 3 rings (SSSR count). The Morgan fingerprint density at radius 2 is 1.85 bits per heavy atom. The predicted molar refractivity (Wildman–Crippen MR) is 112 cm³/mol. The smallest absolute Gasteiger partial charge is 0.241 e. The van der Waals surface area contributed by atoms with E-state index >= 15 is 0 Å². The van der Waals surface area contributed by atoms with Crippen LogP contribution in [0.5, 0.6) is 5.75 Å². The lowest BCUT2D eigenvalue weighted by atomic mass is 9.95. The molecule has 146 valence electrons. The van der Waals surface area contributed by atoms with Crippen molar-refractivity contribution in [1.29, 1.82) is 0 Å². The first-order valence-corrected chi connectivity index (χ1v) is 9.16. The number of rotatable bonds is 6. The van der Waals surface area contributed by atoms with E-state index in [0.717, 1.165) is 24.5 Å². The zero-order valence-electron chi connectivity index (χ0n) is 15.8. The van der Waals surface area contributed by atoms with Gasteiger partial charge in [-0.1, -0.05) is 30.3 Å². The minimum atomic E-state index is -0.235. The Hall–Kier alpha value is -2.08. The average molecular weight is 390 g/mol. The van der Waals surface area contributed by atoms with Crippen LogP contribution in [-0.2, 0) is 4.79 Å². The van der Waals surface area contributed by atoms with Crippen molar-refractivity contribution < 1.29 is 9.53 Å². The highest BCUT2D eigenvalue weighted by Gasteiger charge is 2.35. The molecule has 1 unspecified atom stereocenters. The van der Waals surface area contributed by atoms with Gasteiger partial charge >= 0.3 is 0 Å². The van der Waals surface area contributed by atoms with Gasteiger partial charge in [0.15, 0.2) is 0 Å². The van der Waals surface area contributed by atoms with Gasteiger partial charge in [0.2, 0.25) is 5.91 Å². The Bertz CT molecular complexity index is 724. The summed E-state index contributed by atoms with van der Waals surface area (Å²) in [5.41, 5.74) is 8.36. The standard InChI is InChI=1S/C21H27N3O2.ClH/c1-3-26-18-11-9-17(10-12-18)23-21(25)15(2)24-13-19(20(22)14-24)16-7-5-4-6-8-16;/h4-12,15,19-20H,3,13-14,22H2,1-2H3,(H,23,25);1H/t15?,19-,20+;/m0./s1. The summed E-state index contributed by atoms with van der Waals surface area (Å²) >= 11 is 0. The topological polar surface area (TPSA) is 67.6 Å². The number of carbonyl (C=O) groups excluding carboxylic acids is 1. The molecular weight excluding hydrogens is 362 g/mol. The summed E-state index contributed by atoms with van der Waals surface area (Å²) in [7, 11) is 0. The van der Waals surface area contributed by atoms with E-state index < -0.39 is 0 Å². The summed E-state index contributed by atoms with van der Waals surface area (Å²) in [6.07, 6.45) is 0. The second-order valence-corrected chi connectivity index (χ2v) is 6.76. The third-order valence-corrected chi connectivity index (χ3v) is 4.98. The molecule has 1 aliphatic rings. The van der Waals surface area contributed by atoms with Crippen molar-refractivity contribution in [1.82, 2.24) is 4.90 Å². The van der Waals surface area contributed by atoms with Crippen LogP contribution in [0.15, 0.2) is 54.6 Å². The van der Waals surface area contributed by atoms with Gasteiger partial charge in [-0.15, -0.1) is 12.4 Å². The van der Waals surface area contributed by atoms with Crippen molar-refractivity contribution in [3.63, 3.8) is 0 Å². The number of benzene rings is 2. The van der Waals surface area contributed by atoms with Crippen LogP contribution in [0.2, 0.25) is 0 Å². The minimum Gasteiger partial charge on any atom is -0.494 e. The summed E-state index contributed by atoms with van der Waals surface area (Å²) in [5.74, 6) is 1.04. The number of hydrogen-bond donors (Lipinski definition) is 2. The van der Waals surface area contributed by atoms with Crippen LogP contribution >= 0.6 is 12.4 Å². The number of nitrogens with one attached hydrogen (secondary N) is 1. The minimum absolute atomic E-state index is 0. The molecule has 0 spiro atoms. The molecule has 0 aliphatic carbocycles. The molecule has 27 heavy (non-hydrogen) atoms. The second-order valence-electron chi connectivity index (χ2n) is 6.76. The number of amides is 1. The number of halogens is 1. The Balaban J connectivity index is 0.00000261. The van der Waals surface area contributed by atoms with Gasteiger partial charge in [-0.25, -0.2) is 0 Å². The van der Waals surface area contributed by atoms with Gasteiger partial charge < -0.3 is 15.8 Å². The maximum atomic E-state index is 12.6. The number of carbonyl (C=O) groups is 1. The summed E-state index contributed by atoms with van der Waals surface area (Å²) < 4.78 is 5.43. The normalized spacial score (nSPS) is 20.6. The van der Waals surface area contributed by atoms with E-state index in [2.05, 4.69) is 22.3 Å². The number of nitrogens with two attached hydrogens (primary N) is 1. The number of likely N-dealkylation sites (tertiary alicyclic amines) is 1. The van der Waals surface area contributed by atoms with E-state index in [1.165, 1.54) is 5.56 Å². The third-order valence-electron chi connectivity index (χ3n) is 4.98. The van der Waals surface area contributed by atoms with Crippen LogP contribution in [0.4, 0.5) is 5.69 Å². The molecule has 0 radical (unpaired) electrons. The molecule has 0 saturated carbocycles. The SMILES string of the molecule is CCOc1ccc(NC(=O)C(C)N2C[C@@H](N)[C@H](c3ccccc3)C2)cc1.Cl. The Morgan fingerprint density at radius 3 is 2.48 bits per heavy atom. The molecule has 2 aromatic carbocycles. The van der Waals surface area contributed by atoms with E-state index in [0.29, 0.717) is 6.61 Å². The molecular formula is C21H28ClN3O2. The van der Waals surface area contributed by atoms with Gasteiger partial charge in [-0.3, -0.25) is 9.69 Å². The quantitative estimate of drug-likeness (QED) is 0.795. The number of ether oxygens (including phenoxy) is 1. The fourth-order valence-corrected chi connectivity index (χ4v) is 3.44. The van der Waals surface area contributed by atoms with Crippen LogP contribution in [0.25, 0.3) is 0 Å². The Labute approximate surface area is 167 Å². The highest BCUT2D eigenvalue weighted by molar-refractivity contribution is 5.94. The molecule has 1 amide bonds. The van der Waals surface area contributed by atoms with E-state index in [1.807, 2.05) is 56.3 Å².